The van der Waals surface area contributed by atoms with Crippen LogP contribution in [-0.2, 0) is 11.3 Å². The number of amides is 2. The summed E-state index contributed by atoms with van der Waals surface area (Å²) in [6.45, 7) is 3.10. The van der Waals surface area contributed by atoms with Crippen LogP contribution in [0.3, 0.4) is 0 Å². The molecule has 0 spiro atoms. The highest BCUT2D eigenvalue weighted by Crippen LogP contribution is 2.31. The number of likely N-dealkylation sites (tertiary alicyclic amines) is 1. The molecule has 0 aliphatic carbocycles. The summed E-state index contributed by atoms with van der Waals surface area (Å²) in [6.07, 6.45) is 2.32. The summed E-state index contributed by atoms with van der Waals surface area (Å²) in [4.78, 5) is 43.3. The second-order valence-electron chi connectivity index (χ2n) is 8.94. The lowest BCUT2D eigenvalue weighted by Gasteiger charge is -2.33. The Morgan fingerprint density at radius 2 is 1.87 bits per heavy atom. The Hall–Kier alpha value is -4.18. The van der Waals surface area contributed by atoms with Crippen LogP contribution in [0.25, 0.3) is 0 Å². The van der Waals surface area contributed by atoms with Gasteiger partial charge in [-0.3, -0.25) is 10.1 Å². The zero-order chi connectivity index (χ0) is 27.1. The van der Waals surface area contributed by atoms with Crippen molar-refractivity contribution >= 4 is 41.0 Å². The van der Waals surface area contributed by atoms with Crippen LogP contribution < -0.4 is 10.2 Å². The van der Waals surface area contributed by atoms with E-state index < -0.39 is 12.1 Å². The van der Waals surface area contributed by atoms with Crippen molar-refractivity contribution in [1.29, 1.82) is 0 Å². The second-order valence-corrected chi connectivity index (χ2v) is 9.32. The number of anilines is 1. The first-order chi connectivity index (χ1) is 18.4. The molecule has 0 saturated carbocycles. The summed E-state index contributed by atoms with van der Waals surface area (Å²) in [6, 6.07) is 18.2. The molecule has 4 rings (SSSR count). The summed E-state index contributed by atoms with van der Waals surface area (Å²) >= 11 is 5.70. The molecule has 1 atom stereocenters. The van der Waals surface area contributed by atoms with Gasteiger partial charge in [-0.1, -0.05) is 42.5 Å². The average Bonchev–Trinajstić information content (AvgIpc) is 3.42. The third-order valence-corrected chi connectivity index (χ3v) is 6.83. The number of carboxylic acid groups (broad SMARTS) is 1. The number of benzene rings is 2. The van der Waals surface area contributed by atoms with Crippen LogP contribution in [0.2, 0.25) is 0 Å². The SMILES string of the molecule is CCOC(=O)c1[nH]ccc1N(Cc1ccccc1C1CCCN(C(=O)O)C1)C(=S)NC(=O)c1ccccc1. The van der Waals surface area contributed by atoms with Gasteiger partial charge < -0.3 is 24.6 Å². The van der Waals surface area contributed by atoms with Crippen LogP contribution in [0.5, 0.6) is 0 Å². The summed E-state index contributed by atoms with van der Waals surface area (Å²) in [5.74, 6) is -0.889. The van der Waals surface area contributed by atoms with Crippen molar-refractivity contribution in [3.63, 3.8) is 0 Å². The Bertz CT molecular complexity index is 1310. The molecule has 10 heteroatoms. The predicted octanol–water partition coefficient (Wildman–Crippen LogP) is 4.77. The number of nitrogens with one attached hydrogen (secondary N) is 2. The van der Waals surface area contributed by atoms with Crippen LogP contribution in [-0.4, -0.2) is 57.8 Å². The van der Waals surface area contributed by atoms with Gasteiger partial charge in [0.15, 0.2) is 5.11 Å². The van der Waals surface area contributed by atoms with E-state index in [1.54, 1.807) is 48.4 Å². The summed E-state index contributed by atoms with van der Waals surface area (Å²) in [5.41, 5.74) is 3.06. The van der Waals surface area contributed by atoms with E-state index in [2.05, 4.69) is 10.3 Å². The summed E-state index contributed by atoms with van der Waals surface area (Å²) < 4.78 is 5.22. The highest BCUT2D eigenvalue weighted by Gasteiger charge is 2.28. The van der Waals surface area contributed by atoms with Gasteiger partial charge in [-0.15, -0.1) is 0 Å². The fourth-order valence-electron chi connectivity index (χ4n) is 4.70. The van der Waals surface area contributed by atoms with E-state index in [0.29, 0.717) is 24.3 Å². The Morgan fingerprint density at radius 3 is 2.61 bits per heavy atom. The van der Waals surface area contributed by atoms with Gasteiger partial charge in [0.25, 0.3) is 5.91 Å². The number of carbonyl (C=O) groups is 3. The zero-order valence-corrected chi connectivity index (χ0v) is 21.9. The largest absolute Gasteiger partial charge is 0.465 e. The Morgan fingerprint density at radius 1 is 1.13 bits per heavy atom. The maximum atomic E-state index is 12.9. The highest BCUT2D eigenvalue weighted by molar-refractivity contribution is 7.80. The number of rotatable bonds is 7. The Labute approximate surface area is 226 Å². The lowest BCUT2D eigenvalue weighted by atomic mass is 9.87. The first kappa shape index (κ1) is 26.9. The first-order valence-corrected chi connectivity index (χ1v) is 12.9. The van der Waals surface area contributed by atoms with E-state index in [1.165, 1.54) is 4.90 Å². The molecule has 2 amide bonds. The number of H-pyrrole nitrogens is 1. The standard InChI is InChI=1S/C28H30N4O5S/c1-2-37-26(34)24-23(14-15-29-24)32(27(38)30-25(33)19-9-4-3-5-10-19)18-21-11-6-7-13-22(21)20-12-8-16-31(17-20)28(35)36/h3-7,9-11,13-15,20,29H,2,8,12,16-18H2,1H3,(H,35,36)(H,30,33,38). The molecule has 198 valence electrons. The maximum Gasteiger partial charge on any atom is 0.407 e. The normalized spacial score (nSPS) is 15.0. The van der Waals surface area contributed by atoms with Gasteiger partial charge in [-0.2, -0.15) is 0 Å². The number of esters is 1. The smallest absolute Gasteiger partial charge is 0.407 e. The van der Waals surface area contributed by atoms with E-state index in [9.17, 15) is 19.5 Å². The third kappa shape index (κ3) is 6.20. The van der Waals surface area contributed by atoms with Gasteiger partial charge in [-0.05, 0) is 61.3 Å². The molecule has 2 heterocycles. The monoisotopic (exact) mass is 534 g/mol. The zero-order valence-electron chi connectivity index (χ0n) is 21.1. The average molecular weight is 535 g/mol. The fourth-order valence-corrected chi connectivity index (χ4v) is 4.95. The summed E-state index contributed by atoms with van der Waals surface area (Å²) in [7, 11) is 0. The van der Waals surface area contributed by atoms with Crippen LogP contribution >= 0.6 is 12.2 Å². The molecule has 1 saturated heterocycles. The molecule has 1 aromatic heterocycles. The van der Waals surface area contributed by atoms with Crippen molar-refractivity contribution in [2.24, 2.45) is 0 Å². The number of ether oxygens (including phenoxy) is 1. The van der Waals surface area contributed by atoms with Gasteiger partial charge >= 0.3 is 12.1 Å². The molecule has 0 bridgehead atoms. The molecular formula is C28H30N4O5S. The quantitative estimate of drug-likeness (QED) is 0.295. The molecule has 0 radical (unpaired) electrons. The van der Waals surface area contributed by atoms with E-state index in [-0.39, 0.29) is 35.8 Å². The van der Waals surface area contributed by atoms with Crippen LogP contribution in [0.15, 0.2) is 66.9 Å². The third-order valence-electron chi connectivity index (χ3n) is 6.51. The number of aromatic nitrogens is 1. The van der Waals surface area contributed by atoms with Crippen molar-refractivity contribution in [3.8, 4) is 0 Å². The van der Waals surface area contributed by atoms with Crippen molar-refractivity contribution in [3.05, 3.63) is 89.2 Å². The molecule has 1 aliphatic rings. The van der Waals surface area contributed by atoms with E-state index in [1.807, 2.05) is 30.3 Å². The molecule has 1 fully saturated rings. The number of nitrogens with zero attached hydrogens (tertiary/aromatic N) is 2. The summed E-state index contributed by atoms with van der Waals surface area (Å²) in [5, 5.41) is 12.4. The van der Waals surface area contributed by atoms with Crippen molar-refractivity contribution in [2.45, 2.75) is 32.2 Å². The van der Waals surface area contributed by atoms with Crippen LogP contribution in [0.1, 0.15) is 57.7 Å². The molecule has 1 unspecified atom stereocenters. The lowest BCUT2D eigenvalue weighted by Crippen LogP contribution is -2.43. The number of piperidine rings is 1. The Balaban J connectivity index is 1.67. The Kier molecular flexibility index (Phi) is 8.75. The molecule has 3 aromatic rings. The van der Waals surface area contributed by atoms with Gasteiger partial charge in [0.1, 0.15) is 5.69 Å². The van der Waals surface area contributed by atoms with E-state index in [4.69, 9.17) is 17.0 Å². The first-order valence-electron chi connectivity index (χ1n) is 12.5. The van der Waals surface area contributed by atoms with Crippen molar-refractivity contribution in [1.82, 2.24) is 15.2 Å². The van der Waals surface area contributed by atoms with Gasteiger partial charge in [0.05, 0.1) is 18.8 Å². The molecule has 2 aromatic carbocycles. The van der Waals surface area contributed by atoms with Crippen LogP contribution in [0.4, 0.5) is 10.5 Å². The number of hydrogen-bond donors (Lipinski definition) is 3. The van der Waals surface area contributed by atoms with Gasteiger partial charge in [0.2, 0.25) is 0 Å². The number of hydrogen-bond acceptors (Lipinski definition) is 5. The molecular weight excluding hydrogens is 504 g/mol. The lowest BCUT2D eigenvalue weighted by molar-refractivity contribution is 0.0521. The van der Waals surface area contributed by atoms with Gasteiger partial charge in [-0.25, -0.2) is 9.59 Å². The number of aromatic amines is 1. The predicted molar refractivity (Wildman–Crippen MR) is 147 cm³/mol. The molecule has 3 N–H and O–H groups in total. The topological polar surface area (TPSA) is 115 Å². The minimum Gasteiger partial charge on any atom is -0.465 e. The minimum absolute atomic E-state index is 0.0149. The van der Waals surface area contributed by atoms with Crippen molar-refractivity contribution in [2.75, 3.05) is 24.6 Å². The second kappa shape index (κ2) is 12.4. The van der Waals surface area contributed by atoms with E-state index >= 15 is 0 Å². The van der Waals surface area contributed by atoms with Crippen LogP contribution in [0, 0.1) is 0 Å². The highest BCUT2D eigenvalue weighted by atomic mass is 32.1. The van der Waals surface area contributed by atoms with Crippen molar-refractivity contribution < 1.29 is 24.2 Å². The number of carbonyl (C=O) groups excluding carboxylic acids is 2. The molecule has 38 heavy (non-hydrogen) atoms. The molecule has 1 aliphatic heterocycles. The number of thiocarbonyl (C=S) groups is 1. The van der Waals surface area contributed by atoms with Gasteiger partial charge in [0, 0.05) is 30.8 Å². The maximum absolute atomic E-state index is 12.9. The molecule has 9 nitrogen and oxygen atoms in total. The van der Waals surface area contributed by atoms with E-state index in [0.717, 1.165) is 24.0 Å². The minimum atomic E-state index is -0.926. The fraction of sp³-hybridized carbons (Fsp3) is 0.286.